The minimum atomic E-state index is -5.92. The van der Waals surface area contributed by atoms with Gasteiger partial charge >= 0.3 is 24.1 Å². The molecule has 0 amide bonds. The number of esters is 1. The first-order chi connectivity index (χ1) is 9.33. The Morgan fingerprint density at radius 3 is 1.95 bits per heavy atom. The van der Waals surface area contributed by atoms with Gasteiger partial charge in [-0.1, -0.05) is 0 Å². The lowest BCUT2D eigenvalue weighted by molar-refractivity contribution is -0.453. The molecule has 0 aliphatic carbocycles. The molecule has 0 aromatic carbocycles. The van der Waals surface area contributed by atoms with E-state index in [4.69, 9.17) is 0 Å². The van der Waals surface area contributed by atoms with Crippen LogP contribution in [0.15, 0.2) is 0 Å². The largest absolute Gasteiger partial charge is 0.469 e. The summed E-state index contributed by atoms with van der Waals surface area (Å²) in [5, 5.41) is 0. The second-order valence-corrected chi connectivity index (χ2v) is 4.47. The van der Waals surface area contributed by atoms with Gasteiger partial charge in [-0.25, -0.2) is 0 Å². The summed E-state index contributed by atoms with van der Waals surface area (Å²) in [4.78, 5) is 11.2. The Bertz CT molecular complexity index is 392. The number of halogens is 6. The molecule has 2 unspecified atom stereocenters. The van der Waals surface area contributed by atoms with E-state index in [1.165, 1.54) is 0 Å². The van der Waals surface area contributed by atoms with Crippen LogP contribution in [0.1, 0.15) is 13.3 Å². The molecule has 0 aromatic rings. The average molecular weight is 326 g/mol. The number of methoxy groups -OCH3 is 2. The van der Waals surface area contributed by atoms with Gasteiger partial charge < -0.3 is 18.9 Å². The Kier molecular flexibility index (Phi) is 4.53. The fraction of sp³-hybridized carbons (Fsp3) is 0.900. The maximum atomic E-state index is 12.8. The zero-order valence-electron chi connectivity index (χ0n) is 11.1. The molecule has 0 radical (unpaired) electrons. The second kappa shape index (κ2) is 5.29. The maximum absolute atomic E-state index is 12.8. The van der Waals surface area contributed by atoms with Gasteiger partial charge in [0.1, 0.15) is 5.60 Å². The molecule has 1 rings (SSSR count). The molecule has 0 spiro atoms. The predicted octanol–water partition coefficient (Wildman–Crippen LogP) is 2.15. The van der Waals surface area contributed by atoms with Crippen molar-refractivity contribution in [2.45, 2.75) is 43.4 Å². The fourth-order valence-corrected chi connectivity index (χ4v) is 1.86. The van der Waals surface area contributed by atoms with Crippen LogP contribution in [0, 0.1) is 0 Å². The number of hydrogen-bond donors (Lipinski definition) is 0. The van der Waals surface area contributed by atoms with Gasteiger partial charge in [0, 0.05) is 7.11 Å². The van der Waals surface area contributed by atoms with Crippen molar-refractivity contribution in [3.8, 4) is 0 Å². The highest BCUT2D eigenvalue weighted by atomic mass is 19.4. The molecule has 1 heterocycles. The summed E-state index contributed by atoms with van der Waals surface area (Å²) >= 11 is 0. The Morgan fingerprint density at radius 2 is 1.62 bits per heavy atom. The van der Waals surface area contributed by atoms with Crippen molar-refractivity contribution in [1.82, 2.24) is 0 Å². The second-order valence-electron chi connectivity index (χ2n) is 4.47. The first-order valence-corrected chi connectivity index (χ1v) is 5.44. The first-order valence-electron chi connectivity index (χ1n) is 5.44. The molecule has 0 saturated carbocycles. The predicted molar refractivity (Wildman–Crippen MR) is 52.8 cm³/mol. The zero-order chi connectivity index (χ0) is 16.7. The van der Waals surface area contributed by atoms with E-state index in [9.17, 15) is 31.1 Å². The fourth-order valence-electron chi connectivity index (χ4n) is 1.86. The van der Waals surface area contributed by atoms with Gasteiger partial charge in [-0.2, -0.15) is 26.3 Å². The summed E-state index contributed by atoms with van der Waals surface area (Å²) in [5.74, 6) is -5.95. The third-order valence-corrected chi connectivity index (χ3v) is 2.83. The van der Waals surface area contributed by atoms with E-state index in [1.54, 1.807) is 0 Å². The summed E-state index contributed by atoms with van der Waals surface area (Å²) < 4.78 is 93.9. The normalized spacial score (nSPS) is 29.5. The number of alkyl halides is 6. The van der Waals surface area contributed by atoms with Gasteiger partial charge in [-0.3, -0.25) is 4.79 Å². The first kappa shape index (κ1) is 18.0. The molecular weight excluding hydrogens is 314 g/mol. The summed E-state index contributed by atoms with van der Waals surface area (Å²) in [7, 11) is 1.75. The maximum Gasteiger partial charge on any atom is 0.453 e. The van der Waals surface area contributed by atoms with Crippen LogP contribution in [-0.4, -0.2) is 50.2 Å². The minimum Gasteiger partial charge on any atom is -0.469 e. The highest BCUT2D eigenvalue weighted by Crippen LogP contribution is 2.55. The number of hydrogen-bond acceptors (Lipinski definition) is 5. The molecule has 0 N–H and O–H groups in total. The van der Waals surface area contributed by atoms with E-state index in [0.29, 0.717) is 0 Å². The van der Waals surface area contributed by atoms with Crippen LogP contribution in [0.25, 0.3) is 0 Å². The Hall–Kier alpha value is -1.07. The summed E-state index contributed by atoms with van der Waals surface area (Å²) in [6.07, 6.45) is -14.8. The molecule has 1 aliphatic rings. The molecule has 1 aliphatic heterocycles. The number of carbonyl (C=O) groups excluding carboxylic acids is 1. The third kappa shape index (κ3) is 2.94. The molecule has 1 saturated heterocycles. The van der Waals surface area contributed by atoms with Crippen molar-refractivity contribution in [3.05, 3.63) is 0 Å². The van der Waals surface area contributed by atoms with Crippen molar-refractivity contribution < 1.29 is 50.1 Å². The van der Waals surface area contributed by atoms with Crippen LogP contribution in [0.2, 0.25) is 0 Å². The molecular formula is C10H12F6O5. The van der Waals surface area contributed by atoms with Crippen LogP contribution in [0.4, 0.5) is 26.3 Å². The van der Waals surface area contributed by atoms with Crippen molar-refractivity contribution in [3.63, 3.8) is 0 Å². The quantitative estimate of drug-likeness (QED) is 0.588. The van der Waals surface area contributed by atoms with Gasteiger partial charge in [0.15, 0.2) is 6.29 Å². The third-order valence-electron chi connectivity index (χ3n) is 2.83. The average Bonchev–Trinajstić information content (AvgIpc) is 2.62. The topological polar surface area (TPSA) is 54.0 Å². The van der Waals surface area contributed by atoms with Crippen molar-refractivity contribution in [2.75, 3.05) is 14.2 Å². The van der Waals surface area contributed by atoms with Crippen LogP contribution in [0.5, 0.6) is 0 Å². The smallest absolute Gasteiger partial charge is 0.453 e. The van der Waals surface area contributed by atoms with Gasteiger partial charge in [0.05, 0.1) is 13.5 Å². The van der Waals surface area contributed by atoms with Crippen LogP contribution in [0.3, 0.4) is 0 Å². The molecule has 0 bridgehead atoms. The van der Waals surface area contributed by atoms with Gasteiger partial charge in [-0.15, -0.1) is 0 Å². The molecule has 124 valence electrons. The van der Waals surface area contributed by atoms with Crippen LogP contribution in [-0.2, 0) is 23.7 Å². The van der Waals surface area contributed by atoms with E-state index in [1.807, 2.05) is 0 Å². The number of carbonyl (C=O) groups is 1. The van der Waals surface area contributed by atoms with Crippen molar-refractivity contribution >= 4 is 5.97 Å². The molecule has 5 nitrogen and oxygen atoms in total. The minimum absolute atomic E-state index is 0.826. The number of ether oxygens (including phenoxy) is 4. The van der Waals surface area contributed by atoms with Crippen molar-refractivity contribution in [1.29, 1.82) is 0 Å². The van der Waals surface area contributed by atoms with E-state index in [2.05, 4.69) is 18.9 Å². The zero-order valence-corrected chi connectivity index (χ0v) is 11.1. The van der Waals surface area contributed by atoms with Crippen LogP contribution >= 0.6 is 0 Å². The van der Waals surface area contributed by atoms with Gasteiger partial charge in [0.2, 0.25) is 0 Å². The Balaban J connectivity index is 3.27. The summed E-state index contributed by atoms with van der Waals surface area (Å²) in [5.41, 5.74) is -2.33. The van der Waals surface area contributed by atoms with Gasteiger partial charge in [-0.05, 0) is 6.92 Å². The van der Waals surface area contributed by atoms with E-state index >= 15 is 0 Å². The molecule has 1 fully saturated rings. The lowest BCUT2D eigenvalue weighted by Gasteiger charge is -2.32. The lowest BCUT2D eigenvalue weighted by Crippen LogP contribution is -2.59. The highest BCUT2D eigenvalue weighted by molar-refractivity contribution is 5.70. The number of rotatable bonds is 3. The van der Waals surface area contributed by atoms with Crippen molar-refractivity contribution in [2.24, 2.45) is 0 Å². The molecule has 0 aromatic heterocycles. The van der Waals surface area contributed by atoms with Crippen LogP contribution < -0.4 is 0 Å². The van der Waals surface area contributed by atoms with E-state index in [-0.39, 0.29) is 0 Å². The van der Waals surface area contributed by atoms with Gasteiger partial charge in [0.25, 0.3) is 0 Å². The molecule has 21 heavy (non-hydrogen) atoms. The molecule has 2 atom stereocenters. The SMILES string of the molecule is COC(=O)CC1(C)OC(C(F)(F)F)(C(F)(F)F)OC1OC. The monoisotopic (exact) mass is 326 g/mol. The Morgan fingerprint density at radius 1 is 1.14 bits per heavy atom. The highest BCUT2D eigenvalue weighted by Gasteiger charge is 2.81. The summed E-state index contributed by atoms with van der Waals surface area (Å²) in [6.45, 7) is 0.831. The van der Waals surface area contributed by atoms with E-state index < -0.39 is 42.4 Å². The molecule has 11 heteroatoms. The Labute approximate surface area is 115 Å². The summed E-state index contributed by atoms with van der Waals surface area (Å²) in [6, 6.07) is 0. The lowest BCUT2D eigenvalue weighted by atomic mass is 10.0. The van der Waals surface area contributed by atoms with E-state index in [0.717, 1.165) is 21.1 Å². The standard InChI is InChI=1S/C10H12F6O5/c1-7(4-5(17)18-2)6(19-3)20-8(21-7,9(11,12)13)10(14,15)16/h6H,4H2,1-3H3.